The fourth-order valence-corrected chi connectivity index (χ4v) is 3.74. The Morgan fingerprint density at radius 2 is 2.00 bits per heavy atom. The van der Waals surface area contributed by atoms with Crippen molar-refractivity contribution in [1.29, 1.82) is 0 Å². The van der Waals surface area contributed by atoms with E-state index in [1.807, 2.05) is 0 Å². The molecule has 1 aliphatic rings. The van der Waals surface area contributed by atoms with Crippen molar-refractivity contribution in [3.63, 3.8) is 0 Å². The summed E-state index contributed by atoms with van der Waals surface area (Å²) in [5.41, 5.74) is 1.36. The number of nitrogens with one attached hydrogen (secondary N) is 1. The molecular formula is C17H26BrN. The SMILES string of the molecule is CC1CCC(C(C)C)C(NCc2ccccc2Br)C1. The van der Waals surface area contributed by atoms with E-state index in [9.17, 15) is 0 Å². The van der Waals surface area contributed by atoms with Crippen molar-refractivity contribution >= 4 is 15.9 Å². The van der Waals surface area contributed by atoms with Crippen molar-refractivity contribution in [2.75, 3.05) is 0 Å². The van der Waals surface area contributed by atoms with E-state index >= 15 is 0 Å². The van der Waals surface area contributed by atoms with Gasteiger partial charge in [0.25, 0.3) is 0 Å². The molecule has 3 unspecified atom stereocenters. The van der Waals surface area contributed by atoms with Crippen LogP contribution >= 0.6 is 15.9 Å². The third-order valence-corrected chi connectivity index (χ3v) is 5.31. The van der Waals surface area contributed by atoms with E-state index in [0.29, 0.717) is 6.04 Å². The smallest absolute Gasteiger partial charge is 0.0220 e. The second kappa shape index (κ2) is 6.90. The molecule has 0 saturated heterocycles. The van der Waals surface area contributed by atoms with Crippen molar-refractivity contribution in [2.24, 2.45) is 17.8 Å². The average molecular weight is 324 g/mol. The molecule has 1 saturated carbocycles. The van der Waals surface area contributed by atoms with Gasteiger partial charge in [-0.15, -0.1) is 0 Å². The largest absolute Gasteiger partial charge is 0.310 e. The number of hydrogen-bond donors (Lipinski definition) is 1. The van der Waals surface area contributed by atoms with E-state index in [1.54, 1.807) is 0 Å². The Morgan fingerprint density at radius 1 is 1.26 bits per heavy atom. The van der Waals surface area contributed by atoms with Gasteiger partial charge in [0.15, 0.2) is 0 Å². The van der Waals surface area contributed by atoms with Crippen LogP contribution in [0.1, 0.15) is 45.6 Å². The third-order valence-electron chi connectivity index (χ3n) is 4.53. The van der Waals surface area contributed by atoms with E-state index < -0.39 is 0 Å². The predicted octanol–water partition coefficient (Wildman–Crippen LogP) is 5.00. The van der Waals surface area contributed by atoms with Gasteiger partial charge < -0.3 is 5.32 Å². The van der Waals surface area contributed by atoms with Crippen molar-refractivity contribution in [3.8, 4) is 0 Å². The quantitative estimate of drug-likeness (QED) is 0.822. The lowest BCUT2D eigenvalue weighted by atomic mass is 9.74. The summed E-state index contributed by atoms with van der Waals surface area (Å²) in [4.78, 5) is 0. The molecule has 1 N–H and O–H groups in total. The molecule has 2 heteroatoms. The van der Waals surface area contributed by atoms with Gasteiger partial charge in [0.2, 0.25) is 0 Å². The van der Waals surface area contributed by atoms with Gasteiger partial charge in [-0.3, -0.25) is 0 Å². The Hall–Kier alpha value is -0.340. The number of hydrogen-bond acceptors (Lipinski definition) is 1. The molecule has 3 atom stereocenters. The molecule has 1 aromatic rings. The molecule has 0 heterocycles. The van der Waals surface area contributed by atoms with Gasteiger partial charge in [-0.1, -0.05) is 61.3 Å². The van der Waals surface area contributed by atoms with E-state index in [0.717, 1.165) is 24.3 Å². The minimum absolute atomic E-state index is 0.677. The molecule has 1 fully saturated rings. The van der Waals surface area contributed by atoms with Crippen LogP contribution in [0.5, 0.6) is 0 Å². The summed E-state index contributed by atoms with van der Waals surface area (Å²) in [6.45, 7) is 8.10. The van der Waals surface area contributed by atoms with Crippen molar-refractivity contribution in [1.82, 2.24) is 5.32 Å². The van der Waals surface area contributed by atoms with Crippen LogP contribution in [0.25, 0.3) is 0 Å². The highest BCUT2D eigenvalue weighted by molar-refractivity contribution is 9.10. The molecule has 0 aromatic heterocycles. The van der Waals surface area contributed by atoms with Gasteiger partial charge in [0, 0.05) is 17.1 Å². The van der Waals surface area contributed by atoms with Crippen LogP contribution < -0.4 is 5.32 Å². The summed E-state index contributed by atoms with van der Waals surface area (Å²) < 4.78 is 1.22. The molecule has 1 aliphatic carbocycles. The van der Waals surface area contributed by atoms with Gasteiger partial charge in [-0.05, 0) is 42.2 Å². The normalized spacial score (nSPS) is 27.7. The zero-order valence-electron chi connectivity index (χ0n) is 12.3. The molecule has 106 valence electrons. The fraction of sp³-hybridized carbons (Fsp3) is 0.647. The molecule has 1 nitrogen and oxygen atoms in total. The summed E-state index contributed by atoms with van der Waals surface area (Å²) in [5, 5.41) is 3.81. The summed E-state index contributed by atoms with van der Waals surface area (Å²) in [6.07, 6.45) is 4.11. The molecule has 2 rings (SSSR count). The highest BCUT2D eigenvalue weighted by Gasteiger charge is 2.30. The van der Waals surface area contributed by atoms with Gasteiger partial charge in [-0.2, -0.15) is 0 Å². The maximum Gasteiger partial charge on any atom is 0.0220 e. The zero-order valence-corrected chi connectivity index (χ0v) is 13.9. The standard InChI is InChI=1S/C17H26BrN/c1-12(2)15-9-8-13(3)10-17(15)19-11-14-6-4-5-7-16(14)18/h4-7,12-13,15,17,19H,8-11H2,1-3H3. The highest BCUT2D eigenvalue weighted by atomic mass is 79.9. The first-order chi connectivity index (χ1) is 9.08. The summed E-state index contributed by atoms with van der Waals surface area (Å²) in [6, 6.07) is 9.20. The molecule has 0 aliphatic heterocycles. The number of benzene rings is 1. The zero-order chi connectivity index (χ0) is 13.8. The first-order valence-electron chi connectivity index (χ1n) is 7.54. The van der Waals surface area contributed by atoms with Crippen LogP contribution in [0, 0.1) is 17.8 Å². The van der Waals surface area contributed by atoms with E-state index in [1.165, 1.54) is 29.3 Å². The van der Waals surface area contributed by atoms with Gasteiger partial charge in [0.1, 0.15) is 0 Å². The first kappa shape index (κ1) is 15.1. The van der Waals surface area contributed by atoms with E-state index in [2.05, 4.69) is 66.3 Å². The second-order valence-electron chi connectivity index (χ2n) is 6.40. The van der Waals surface area contributed by atoms with Crippen LogP contribution in [0.15, 0.2) is 28.7 Å². The first-order valence-corrected chi connectivity index (χ1v) is 8.34. The lowest BCUT2D eigenvalue weighted by molar-refractivity contribution is 0.169. The molecule has 0 bridgehead atoms. The topological polar surface area (TPSA) is 12.0 Å². The van der Waals surface area contributed by atoms with Gasteiger partial charge in [-0.25, -0.2) is 0 Å². The Balaban J connectivity index is 1.97. The van der Waals surface area contributed by atoms with Crippen molar-refractivity contribution < 1.29 is 0 Å². The van der Waals surface area contributed by atoms with Crippen molar-refractivity contribution in [2.45, 2.75) is 52.6 Å². The highest BCUT2D eigenvalue weighted by Crippen LogP contribution is 2.33. The second-order valence-corrected chi connectivity index (χ2v) is 7.26. The lowest BCUT2D eigenvalue weighted by Gasteiger charge is -2.38. The Morgan fingerprint density at radius 3 is 2.68 bits per heavy atom. The lowest BCUT2D eigenvalue weighted by Crippen LogP contribution is -2.42. The summed E-state index contributed by atoms with van der Waals surface area (Å²) in [5.74, 6) is 2.48. The maximum absolute atomic E-state index is 3.81. The van der Waals surface area contributed by atoms with Crippen LogP contribution in [0.4, 0.5) is 0 Å². The third kappa shape index (κ3) is 4.06. The van der Waals surface area contributed by atoms with E-state index in [-0.39, 0.29) is 0 Å². The van der Waals surface area contributed by atoms with Crippen LogP contribution in [0.2, 0.25) is 0 Å². The molecule has 0 amide bonds. The Labute approximate surface area is 126 Å². The van der Waals surface area contributed by atoms with Crippen LogP contribution in [-0.2, 0) is 6.54 Å². The minimum atomic E-state index is 0.677. The molecule has 0 radical (unpaired) electrons. The van der Waals surface area contributed by atoms with Crippen LogP contribution in [0.3, 0.4) is 0 Å². The molecule has 1 aromatic carbocycles. The maximum atomic E-state index is 3.81. The minimum Gasteiger partial charge on any atom is -0.310 e. The summed E-state index contributed by atoms with van der Waals surface area (Å²) >= 11 is 3.64. The Kier molecular flexibility index (Phi) is 5.47. The predicted molar refractivity (Wildman–Crippen MR) is 86.1 cm³/mol. The molecule has 19 heavy (non-hydrogen) atoms. The fourth-order valence-electron chi connectivity index (χ4n) is 3.32. The van der Waals surface area contributed by atoms with E-state index in [4.69, 9.17) is 0 Å². The van der Waals surface area contributed by atoms with Gasteiger partial charge >= 0.3 is 0 Å². The van der Waals surface area contributed by atoms with Gasteiger partial charge in [0.05, 0.1) is 0 Å². The Bertz CT molecular complexity index is 402. The number of rotatable bonds is 4. The summed E-state index contributed by atoms with van der Waals surface area (Å²) in [7, 11) is 0. The number of halogens is 1. The molecule has 0 spiro atoms. The monoisotopic (exact) mass is 323 g/mol. The molecular weight excluding hydrogens is 298 g/mol. The van der Waals surface area contributed by atoms with Crippen LogP contribution in [-0.4, -0.2) is 6.04 Å². The van der Waals surface area contributed by atoms with Crippen molar-refractivity contribution in [3.05, 3.63) is 34.3 Å². The average Bonchev–Trinajstić information content (AvgIpc) is 2.37.